The lowest BCUT2D eigenvalue weighted by molar-refractivity contribution is -0.132. The first-order chi connectivity index (χ1) is 20.1. The van der Waals surface area contributed by atoms with Gasteiger partial charge >= 0.3 is 0 Å². The van der Waals surface area contributed by atoms with Crippen LogP contribution in [0, 0.1) is 6.92 Å². The van der Waals surface area contributed by atoms with Crippen molar-refractivity contribution in [3.63, 3.8) is 0 Å². The molecule has 2 amide bonds. The zero-order valence-electron chi connectivity index (χ0n) is 25.1. The smallest absolute Gasteiger partial charge is 0.242 e. The quantitative estimate of drug-likeness (QED) is 0.432. The fourth-order valence-corrected chi connectivity index (χ4v) is 7.02. The van der Waals surface area contributed by atoms with Crippen molar-refractivity contribution >= 4 is 29.4 Å². The van der Waals surface area contributed by atoms with E-state index >= 15 is 0 Å². The highest BCUT2D eigenvalue weighted by Gasteiger charge is 2.40. The summed E-state index contributed by atoms with van der Waals surface area (Å²) in [4.78, 5) is 33.7. The molecule has 3 aromatic rings. The maximum atomic E-state index is 14.0. The van der Waals surface area contributed by atoms with Gasteiger partial charge in [0.25, 0.3) is 0 Å². The molecule has 1 fully saturated rings. The van der Waals surface area contributed by atoms with Crippen LogP contribution in [0.4, 0.5) is 5.82 Å². The Labute approximate surface area is 251 Å². The van der Waals surface area contributed by atoms with E-state index in [0.29, 0.717) is 24.7 Å². The summed E-state index contributed by atoms with van der Waals surface area (Å²) in [5, 5.41) is 5.01. The Hall–Kier alpha value is -3.50. The van der Waals surface area contributed by atoms with Crippen molar-refractivity contribution in [2.75, 3.05) is 56.7 Å². The number of amides is 2. The summed E-state index contributed by atoms with van der Waals surface area (Å²) in [6.07, 6.45) is 0. The fraction of sp³-hybridized carbons (Fsp3) is 0.469. The molecule has 0 bridgehead atoms. The second-order valence-corrected chi connectivity index (χ2v) is 13.3. The minimum Gasteiger partial charge on any atom is -0.454 e. The van der Waals surface area contributed by atoms with Crippen molar-refractivity contribution in [3.05, 3.63) is 64.8 Å². The summed E-state index contributed by atoms with van der Waals surface area (Å²) in [5.74, 6) is 2.19. The number of piperazine rings is 1. The van der Waals surface area contributed by atoms with Gasteiger partial charge in [-0.3, -0.25) is 14.5 Å². The normalized spacial score (nSPS) is 19.2. The van der Waals surface area contributed by atoms with Crippen LogP contribution in [0.1, 0.15) is 55.3 Å². The predicted octanol–water partition coefficient (Wildman–Crippen LogP) is 4.54. The molecule has 42 heavy (non-hydrogen) atoms. The molecule has 1 saturated heterocycles. The first kappa shape index (κ1) is 28.6. The highest BCUT2D eigenvalue weighted by Crippen LogP contribution is 2.50. The Kier molecular flexibility index (Phi) is 7.70. The van der Waals surface area contributed by atoms with Gasteiger partial charge in [0.2, 0.25) is 18.6 Å². The summed E-state index contributed by atoms with van der Waals surface area (Å²) in [6, 6.07) is 14.1. The van der Waals surface area contributed by atoms with Gasteiger partial charge < -0.3 is 19.3 Å². The molecule has 0 N–H and O–H groups in total. The van der Waals surface area contributed by atoms with Gasteiger partial charge in [0.1, 0.15) is 12.4 Å². The summed E-state index contributed by atoms with van der Waals surface area (Å²) >= 11 is 1.57. The standard InChI is InChI=1S/C32H39N5O4S/c1-6-34-13-15-35(16-14-34)26(38)18-36-27(39)19-42-29(22-9-12-24-25(17-22)41-20-40-24)28-30(32(3,4)5)33-37(31(28)36)23-10-7-21(2)8-11-23/h7-12,17,29H,6,13-16,18-20H2,1-5H3. The van der Waals surface area contributed by atoms with Gasteiger partial charge in [-0.05, 0) is 43.3 Å². The van der Waals surface area contributed by atoms with E-state index in [-0.39, 0.29) is 41.6 Å². The van der Waals surface area contributed by atoms with Gasteiger partial charge in [-0.2, -0.15) is 5.10 Å². The van der Waals surface area contributed by atoms with Crippen LogP contribution in [0.25, 0.3) is 5.69 Å². The molecule has 1 unspecified atom stereocenters. The molecular formula is C32H39N5O4S. The van der Waals surface area contributed by atoms with E-state index in [0.717, 1.165) is 53.5 Å². The zero-order chi connectivity index (χ0) is 29.6. The Bertz CT molecular complexity index is 1490. The molecule has 4 heterocycles. The average Bonchev–Trinajstić information content (AvgIpc) is 3.58. The van der Waals surface area contributed by atoms with Crippen LogP contribution in [-0.4, -0.2) is 83.2 Å². The van der Waals surface area contributed by atoms with Crippen LogP contribution in [0.2, 0.25) is 0 Å². The van der Waals surface area contributed by atoms with E-state index in [4.69, 9.17) is 14.6 Å². The molecule has 0 radical (unpaired) electrons. The van der Waals surface area contributed by atoms with Gasteiger partial charge in [0.15, 0.2) is 11.5 Å². The monoisotopic (exact) mass is 589 g/mol. The Morgan fingerprint density at radius 1 is 1.02 bits per heavy atom. The third-order valence-corrected chi connectivity index (χ3v) is 9.50. The lowest BCUT2D eigenvalue weighted by Gasteiger charge is -2.35. The molecule has 0 aliphatic carbocycles. The minimum absolute atomic E-state index is 0.0203. The molecule has 9 nitrogen and oxygen atoms in total. The van der Waals surface area contributed by atoms with Gasteiger partial charge in [-0.15, -0.1) is 11.8 Å². The third-order valence-electron chi connectivity index (χ3n) is 8.24. The van der Waals surface area contributed by atoms with Crippen molar-refractivity contribution < 1.29 is 19.1 Å². The van der Waals surface area contributed by atoms with Crippen molar-refractivity contribution in [2.24, 2.45) is 0 Å². The Morgan fingerprint density at radius 3 is 2.43 bits per heavy atom. The number of rotatable bonds is 5. The van der Waals surface area contributed by atoms with Gasteiger partial charge in [-0.1, -0.05) is 51.5 Å². The van der Waals surface area contributed by atoms with Gasteiger partial charge in [0.05, 0.1) is 22.4 Å². The first-order valence-corrected chi connectivity index (χ1v) is 15.7. The zero-order valence-corrected chi connectivity index (χ0v) is 25.9. The molecule has 10 heteroatoms. The molecule has 6 rings (SSSR count). The topological polar surface area (TPSA) is 80.1 Å². The van der Waals surface area contributed by atoms with E-state index in [9.17, 15) is 9.59 Å². The third kappa shape index (κ3) is 5.38. The number of ether oxygens (including phenoxy) is 2. The van der Waals surface area contributed by atoms with Crippen LogP contribution in [0.3, 0.4) is 0 Å². The second-order valence-electron chi connectivity index (χ2n) is 12.2. The maximum absolute atomic E-state index is 14.0. The molecule has 2 aromatic carbocycles. The van der Waals surface area contributed by atoms with Gasteiger partial charge in [-0.25, -0.2) is 4.68 Å². The van der Waals surface area contributed by atoms with Gasteiger partial charge in [0, 0.05) is 37.2 Å². The number of aryl methyl sites for hydroxylation is 1. The SMILES string of the molecule is CCN1CCN(C(=O)CN2C(=O)CSC(c3ccc4c(c3)OCO4)c3c(C(C)(C)C)nn(-c4ccc(C)cc4)c32)CC1. The van der Waals surface area contributed by atoms with Crippen LogP contribution >= 0.6 is 11.8 Å². The molecule has 3 aliphatic rings. The average molecular weight is 590 g/mol. The van der Waals surface area contributed by atoms with E-state index in [2.05, 4.69) is 32.6 Å². The van der Waals surface area contributed by atoms with Crippen LogP contribution in [0.5, 0.6) is 11.5 Å². The first-order valence-electron chi connectivity index (χ1n) is 14.7. The van der Waals surface area contributed by atoms with Crippen molar-refractivity contribution in [3.8, 4) is 17.2 Å². The van der Waals surface area contributed by atoms with Crippen molar-refractivity contribution in [1.82, 2.24) is 19.6 Å². The lowest BCUT2D eigenvalue weighted by atomic mass is 9.87. The van der Waals surface area contributed by atoms with Crippen LogP contribution in [0.15, 0.2) is 42.5 Å². The van der Waals surface area contributed by atoms with E-state index < -0.39 is 0 Å². The number of fused-ring (bicyclic) bond motifs is 2. The van der Waals surface area contributed by atoms with E-state index in [1.54, 1.807) is 16.7 Å². The number of anilines is 1. The number of carbonyl (C=O) groups is 2. The number of aromatic nitrogens is 2. The summed E-state index contributed by atoms with van der Waals surface area (Å²) in [6.45, 7) is 14.8. The highest BCUT2D eigenvalue weighted by atomic mass is 32.2. The second kappa shape index (κ2) is 11.3. The number of thioether (sulfide) groups is 1. The molecule has 3 aliphatic heterocycles. The van der Waals surface area contributed by atoms with E-state index in [1.807, 2.05) is 59.0 Å². The maximum Gasteiger partial charge on any atom is 0.242 e. The minimum atomic E-state index is -0.325. The number of nitrogens with zero attached hydrogens (tertiary/aromatic N) is 5. The Morgan fingerprint density at radius 2 is 1.74 bits per heavy atom. The number of benzene rings is 2. The van der Waals surface area contributed by atoms with Crippen molar-refractivity contribution in [1.29, 1.82) is 0 Å². The molecular weight excluding hydrogens is 550 g/mol. The molecule has 222 valence electrons. The van der Waals surface area contributed by atoms with Crippen molar-refractivity contribution in [2.45, 2.75) is 45.3 Å². The molecule has 0 saturated carbocycles. The van der Waals surface area contributed by atoms with E-state index in [1.165, 1.54) is 0 Å². The molecule has 0 spiro atoms. The van der Waals surface area contributed by atoms with Crippen LogP contribution < -0.4 is 14.4 Å². The van der Waals surface area contributed by atoms with Crippen LogP contribution in [-0.2, 0) is 15.0 Å². The predicted molar refractivity (Wildman–Crippen MR) is 165 cm³/mol. The number of likely N-dealkylation sites (N-methyl/N-ethyl adjacent to an activating group) is 1. The lowest BCUT2D eigenvalue weighted by Crippen LogP contribution is -2.52. The molecule has 1 atom stereocenters. The summed E-state index contributed by atoms with van der Waals surface area (Å²) < 4.78 is 13.2. The summed E-state index contributed by atoms with van der Waals surface area (Å²) in [7, 11) is 0. The Balaban J connectivity index is 1.50. The highest BCUT2D eigenvalue weighted by molar-refractivity contribution is 8.00. The number of hydrogen-bond acceptors (Lipinski definition) is 7. The largest absolute Gasteiger partial charge is 0.454 e. The number of hydrogen-bond donors (Lipinski definition) is 0. The summed E-state index contributed by atoms with van der Waals surface area (Å²) in [5.41, 5.74) is 4.53. The molecule has 1 aromatic heterocycles. The fourth-order valence-electron chi connectivity index (χ4n) is 5.83. The number of carbonyl (C=O) groups excluding carboxylic acids is 2.